The summed E-state index contributed by atoms with van der Waals surface area (Å²) in [4.78, 5) is 18.4. The number of hydrogen-bond donors (Lipinski definition) is 0. The molecule has 1 atom stereocenters. The van der Waals surface area contributed by atoms with E-state index >= 15 is 0 Å². The fraction of sp³-hybridized carbons (Fsp3) is 0.385. The maximum absolute atomic E-state index is 12.0. The molecule has 3 rings (SSSR count). The Morgan fingerprint density at radius 2 is 2.37 bits per heavy atom. The van der Waals surface area contributed by atoms with Gasteiger partial charge in [0.15, 0.2) is 5.13 Å². The normalized spacial score (nSPS) is 19.6. The van der Waals surface area contributed by atoms with Gasteiger partial charge in [-0.05, 0) is 30.5 Å². The second kappa shape index (κ2) is 5.04. The summed E-state index contributed by atoms with van der Waals surface area (Å²) >= 11 is 11.1. The topological polar surface area (TPSA) is 33.2 Å². The monoisotopic (exact) mass is 358 g/mol. The first-order valence-electron chi connectivity index (χ1n) is 6.02. The third kappa shape index (κ3) is 2.28. The van der Waals surface area contributed by atoms with Crippen molar-refractivity contribution >= 4 is 60.1 Å². The second-order valence-corrected chi connectivity index (χ2v) is 6.81. The van der Waals surface area contributed by atoms with E-state index in [0.717, 1.165) is 37.8 Å². The van der Waals surface area contributed by atoms with Gasteiger partial charge in [0.25, 0.3) is 0 Å². The van der Waals surface area contributed by atoms with Gasteiger partial charge in [-0.15, -0.1) is 0 Å². The lowest BCUT2D eigenvalue weighted by Gasteiger charge is -2.11. The number of thiazole rings is 1. The summed E-state index contributed by atoms with van der Waals surface area (Å²) in [6.45, 7) is 2.71. The number of nitrogens with zero attached hydrogens (tertiary/aromatic N) is 2. The Bertz CT molecular complexity index is 657. The fourth-order valence-corrected chi connectivity index (χ4v) is 3.91. The lowest BCUT2D eigenvalue weighted by molar-refractivity contribution is -0.117. The number of aromatic nitrogens is 1. The van der Waals surface area contributed by atoms with E-state index in [2.05, 4.69) is 20.9 Å². The summed E-state index contributed by atoms with van der Waals surface area (Å²) in [5.41, 5.74) is 1.88. The molecular weight excluding hydrogens is 348 g/mol. The molecule has 1 unspecified atom stereocenters. The minimum absolute atomic E-state index is 0.159. The SMILES string of the molecule is Cc1c(Cl)ccc2sc(N3CC(CBr)CC3=O)nc12. The van der Waals surface area contributed by atoms with E-state index in [9.17, 15) is 4.79 Å². The highest BCUT2D eigenvalue weighted by molar-refractivity contribution is 9.09. The maximum Gasteiger partial charge on any atom is 0.229 e. The quantitative estimate of drug-likeness (QED) is 0.759. The van der Waals surface area contributed by atoms with Gasteiger partial charge >= 0.3 is 0 Å². The molecule has 0 saturated carbocycles. The molecule has 6 heteroatoms. The smallest absolute Gasteiger partial charge is 0.229 e. The van der Waals surface area contributed by atoms with Crippen molar-refractivity contribution in [2.45, 2.75) is 13.3 Å². The largest absolute Gasteiger partial charge is 0.288 e. The molecule has 0 radical (unpaired) electrons. The number of halogens is 2. The number of alkyl halides is 1. The Kier molecular flexibility index (Phi) is 3.53. The molecule has 19 heavy (non-hydrogen) atoms. The van der Waals surface area contributed by atoms with E-state index in [4.69, 9.17) is 11.6 Å². The van der Waals surface area contributed by atoms with Crippen molar-refractivity contribution in [3.63, 3.8) is 0 Å². The fourth-order valence-electron chi connectivity index (χ4n) is 2.27. The third-order valence-corrected chi connectivity index (χ3v) is 5.76. The van der Waals surface area contributed by atoms with Gasteiger partial charge in [-0.25, -0.2) is 4.98 Å². The van der Waals surface area contributed by atoms with Crippen LogP contribution in [-0.2, 0) is 4.79 Å². The van der Waals surface area contributed by atoms with E-state index < -0.39 is 0 Å². The van der Waals surface area contributed by atoms with Crippen LogP contribution in [0.5, 0.6) is 0 Å². The Morgan fingerprint density at radius 3 is 3.05 bits per heavy atom. The number of hydrogen-bond acceptors (Lipinski definition) is 3. The first kappa shape index (κ1) is 13.3. The van der Waals surface area contributed by atoms with Crippen LogP contribution in [0, 0.1) is 12.8 Å². The molecule has 1 amide bonds. The van der Waals surface area contributed by atoms with Crippen LogP contribution in [0.1, 0.15) is 12.0 Å². The predicted octanol–water partition coefficient (Wildman–Crippen LogP) is 4.01. The van der Waals surface area contributed by atoms with Gasteiger partial charge in [0, 0.05) is 23.3 Å². The molecule has 1 aliphatic rings. The van der Waals surface area contributed by atoms with Crippen molar-refractivity contribution in [2.24, 2.45) is 5.92 Å². The minimum atomic E-state index is 0.159. The van der Waals surface area contributed by atoms with Gasteiger partial charge in [-0.3, -0.25) is 9.69 Å². The standard InChI is InChI=1S/C13H12BrClN2OS/c1-7-9(15)2-3-10-12(7)16-13(19-10)17-6-8(5-14)4-11(17)18/h2-3,8H,4-6H2,1H3. The highest BCUT2D eigenvalue weighted by atomic mass is 79.9. The highest BCUT2D eigenvalue weighted by Gasteiger charge is 2.31. The van der Waals surface area contributed by atoms with Crippen LogP contribution >= 0.6 is 38.9 Å². The molecule has 1 saturated heterocycles. The minimum Gasteiger partial charge on any atom is -0.288 e. The molecule has 0 aliphatic carbocycles. The number of amides is 1. The number of aryl methyl sites for hydroxylation is 1. The van der Waals surface area contributed by atoms with Crippen molar-refractivity contribution in [3.05, 3.63) is 22.7 Å². The first-order valence-corrected chi connectivity index (χ1v) is 8.33. The molecule has 100 valence electrons. The molecular formula is C13H12BrClN2OS. The van der Waals surface area contributed by atoms with Crippen LogP contribution < -0.4 is 4.90 Å². The van der Waals surface area contributed by atoms with Crippen LogP contribution in [-0.4, -0.2) is 22.8 Å². The summed E-state index contributed by atoms with van der Waals surface area (Å²) in [7, 11) is 0. The van der Waals surface area contributed by atoms with Gasteiger partial charge in [0.1, 0.15) is 0 Å². The zero-order valence-electron chi connectivity index (χ0n) is 10.3. The Balaban J connectivity index is 2.02. The predicted molar refractivity (Wildman–Crippen MR) is 83.6 cm³/mol. The number of benzene rings is 1. The zero-order valence-corrected chi connectivity index (χ0v) is 13.5. The number of fused-ring (bicyclic) bond motifs is 1. The summed E-state index contributed by atoms with van der Waals surface area (Å²) in [6, 6.07) is 3.85. The molecule has 1 fully saturated rings. The van der Waals surface area contributed by atoms with Crippen molar-refractivity contribution in [3.8, 4) is 0 Å². The molecule has 1 aliphatic heterocycles. The van der Waals surface area contributed by atoms with E-state index in [1.165, 1.54) is 0 Å². The molecule has 2 aromatic rings. The van der Waals surface area contributed by atoms with E-state index in [1.54, 1.807) is 16.2 Å². The summed E-state index contributed by atoms with van der Waals surface area (Å²) < 4.78 is 1.08. The van der Waals surface area contributed by atoms with Gasteiger partial charge in [-0.1, -0.05) is 38.9 Å². The lowest BCUT2D eigenvalue weighted by Crippen LogP contribution is -2.24. The molecule has 0 N–H and O–H groups in total. The third-order valence-electron chi connectivity index (χ3n) is 3.39. The van der Waals surface area contributed by atoms with E-state index in [-0.39, 0.29) is 5.91 Å². The maximum atomic E-state index is 12.0. The molecule has 3 nitrogen and oxygen atoms in total. The molecule has 1 aromatic heterocycles. The van der Waals surface area contributed by atoms with Crippen LogP contribution in [0.2, 0.25) is 5.02 Å². The average Bonchev–Trinajstić information content (AvgIpc) is 2.97. The Labute approximate surface area is 128 Å². The van der Waals surface area contributed by atoms with Crippen LogP contribution in [0.25, 0.3) is 10.2 Å². The van der Waals surface area contributed by atoms with Crippen molar-refractivity contribution in [2.75, 3.05) is 16.8 Å². The second-order valence-electron chi connectivity index (χ2n) is 4.74. The Hall–Kier alpha value is -0.650. The Morgan fingerprint density at radius 1 is 1.58 bits per heavy atom. The van der Waals surface area contributed by atoms with Crippen LogP contribution in [0.3, 0.4) is 0 Å². The molecule has 0 spiro atoms. The van der Waals surface area contributed by atoms with Gasteiger partial charge in [0.2, 0.25) is 5.91 Å². The van der Waals surface area contributed by atoms with Crippen molar-refractivity contribution in [1.82, 2.24) is 4.98 Å². The van der Waals surface area contributed by atoms with E-state index in [0.29, 0.717) is 12.3 Å². The highest BCUT2D eigenvalue weighted by Crippen LogP contribution is 2.36. The van der Waals surface area contributed by atoms with E-state index in [1.807, 2.05) is 19.1 Å². The van der Waals surface area contributed by atoms with Gasteiger partial charge in [0.05, 0.1) is 10.2 Å². The number of anilines is 1. The molecule has 1 aromatic carbocycles. The zero-order chi connectivity index (χ0) is 13.6. The number of rotatable bonds is 2. The summed E-state index contributed by atoms with van der Waals surface area (Å²) in [5.74, 6) is 0.538. The summed E-state index contributed by atoms with van der Waals surface area (Å²) in [6.07, 6.45) is 0.598. The van der Waals surface area contributed by atoms with Gasteiger partial charge in [-0.2, -0.15) is 0 Å². The molecule has 0 bridgehead atoms. The van der Waals surface area contributed by atoms with Gasteiger partial charge < -0.3 is 0 Å². The average molecular weight is 360 g/mol. The van der Waals surface area contributed by atoms with Crippen LogP contribution in [0.4, 0.5) is 5.13 Å². The van der Waals surface area contributed by atoms with Crippen LogP contribution in [0.15, 0.2) is 12.1 Å². The molecule has 2 heterocycles. The number of carbonyl (C=O) groups is 1. The first-order chi connectivity index (χ1) is 9.10. The van der Waals surface area contributed by atoms with Crippen molar-refractivity contribution in [1.29, 1.82) is 0 Å². The van der Waals surface area contributed by atoms with Crippen molar-refractivity contribution < 1.29 is 4.79 Å². The number of carbonyl (C=O) groups excluding carboxylic acids is 1. The summed E-state index contributed by atoms with van der Waals surface area (Å²) in [5, 5.41) is 2.36. The lowest BCUT2D eigenvalue weighted by atomic mass is 10.2.